The van der Waals surface area contributed by atoms with E-state index < -0.39 is 71.8 Å². The lowest BCUT2D eigenvalue weighted by Crippen LogP contribution is -2.59. The Balaban J connectivity index is 2.24. The second-order valence-electron chi connectivity index (χ2n) is 14.2. The molecule has 17 nitrogen and oxygen atoms in total. The Bertz CT molecular complexity index is 1590. The fourth-order valence-corrected chi connectivity index (χ4v) is 5.74. The Morgan fingerprint density at radius 2 is 1.12 bits per heavy atom. The molecule has 5 amide bonds. The van der Waals surface area contributed by atoms with E-state index in [1.807, 2.05) is 50.2 Å². The molecule has 0 aliphatic heterocycles. The minimum Gasteiger partial charge on any atom is -0.480 e. The molecule has 0 unspecified atom stereocenters. The molecule has 2 aromatic carbocycles. The second-order valence-corrected chi connectivity index (χ2v) is 14.2. The molecular formula is C39H60N10O7. The maximum Gasteiger partial charge on any atom is 0.326 e. The lowest BCUT2D eigenvalue weighted by molar-refractivity contribution is -0.142. The van der Waals surface area contributed by atoms with Gasteiger partial charge in [-0.2, -0.15) is 0 Å². The van der Waals surface area contributed by atoms with E-state index in [0.717, 1.165) is 11.1 Å². The van der Waals surface area contributed by atoms with Gasteiger partial charge in [0.25, 0.3) is 0 Å². The highest BCUT2D eigenvalue weighted by Gasteiger charge is 2.32. The number of amides is 5. The first-order valence-corrected chi connectivity index (χ1v) is 18.9. The van der Waals surface area contributed by atoms with Gasteiger partial charge in [0.2, 0.25) is 29.5 Å². The van der Waals surface area contributed by atoms with E-state index in [0.29, 0.717) is 19.4 Å². The van der Waals surface area contributed by atoms with Crippen molar-refractivity contribution in [3.63, 3.8) is 0 Å². The maximum absolute atomic E-state index is 14.0. The molecule has 2 aromatic rings. The summed E-state index contributed by atoms with van der Waals surface area (Å²) in [4.78, 5) is 83.2. The summed E-state index contributed by atoms with van der Waals surface area (Å²) in [6.45, 7) is 5.65. The number of rotatable bonds is 25. The number of hydrogen-bond acceptors (Lipinski definition) is 9. The number of carbonyl (C=O) groups excluding carboxylic acids is 5. The van der Waals surface area contributed by atoms with Crippen LogP contribution in [-0.4, -0.2) is 95.9 Å². The van der Waals surface area contributed by atoms with Crippen LogP contribution in [0, 0.1) is 5.92 Å². The van der Waals surface area contributed by atoms with Crippen LogP contribution < -0.4 is 49.5 Å². The zero-order valence-electron chi connectivity index (χ0n) is 32.5. The highest BCUT2D eigenvalue weighted by atomic mass is 16.4. The lowest BCUT2D eigenvalue weighted by atomic mass is 10.00. The number of aliphatic carboxylic acids is 1. The lowest BCUT2D eigenvalue weighted by Gasteiger charge is -2.27. The molecule has 0 spiro atoms. The van der Waals surface area contributed by atoms with E-state index in [1.54, 1.807) is 24.3 Å². The molecule has 2 rings (SSSR count). The third-order valence-electron chi connectivity index (χ3n) is 8.78. The number of nitrogens with two attached hydrogens (primary N) is 4. The van der Waals surface area contributed by atoms with Crippen LogP contribution in [0.3, 0.4) is 0 Å². The van der Waals surface area contributed by atoms with E-state index in [-0.39, 0.29) is 56.9 Å². The highest BCUT2D eigenvalue weighted by molar-refractivity contribution is 5.96. The van der Waals surface area contributed by atoms with Gasteiger partial charge in [-0.1, -0.05) is 74.5 Å². The van der Waals surface area contributed by atoms with Gasteiger partial charge in [0, 0.05) is 13.0 Å². The minimum absolute atomic E-state index is 0.0388. The van der Waals surface area contributed by atoms with Gasteiger partial charge >= 0.3 is 5.97 Å². The summed E-state index contributed by atoms with van der Waals surface area (Å²) in [6, 6.07) is 11.5. The molecule has 0 aliphatic carbocycles. The van der Waals surface area contributed by atoms with Crippen LogP contribution in [-0.2, 0) is 41.6 Å². The van der Waals surface area contributed by atoms with Crippen LogP contribution in [0.1, 0.15) is 70.4 Å². The van der Waals surface area contributed by atoms with E-state index in [9.17, 15) is 33.9 Å². The smallest absolute Gasteiger partial charge is 0.326 e. The molecule has 0 radical (unpaired) electrons. The minimum atomic E-state index is -1.27. The second kappa shape index (κ2) is 24.8. The summed E-state index contributed by atoms with van der Waals surface area (Å²) in [5.41, 5.74) is 24.1. The Morgan fingerprint density at radius 1 is 0.625 bits per heavy atom. The van der Waals surface area contributed by atoms with Gasteiger partial charge in [-0.25, -0.2) is 4.79 Å². The first kappa shape index (κ1) is 46.6. The molecule has 308 valence electrons. The highest BCUT2D eigenvalue weighted by Crippen LogP contribution is 2.11. The number of hydrogen-bond donors (Lipinski definition) is 10. The van der Waals surface area contributed by atoms with Gasteiger partial charge in [0.1, 0.15) is 30.2 Å². The number of unbranched alkanes of at least 4 members (excludes halogenated alkanes) is 1. The first-order valence-electron chi connectivity index (χ1n) is 18.9. The van der Waals surface area contributed by atoms with Crippen LogP contribution in [0.4, 0.5) is 0 Å². The third-order valence-corrected chi connectivity index (χ3v) is 8.78. The van der Waals surface area contributed by atoms with Crippen LogP contribution in [0.2, 0.25) is 0 Å². The van der Waals surface area contributed by atoms with Crippen molar-refractivity contribution < 1.29 is 33.9 Å². The topological polar surface area (TPSA) is 299 Å². The number of nitrogens with zero attached hydrogens (tertiary/aromatic N) is 1. The fraction of sp³-hybridized carbons (Fsp3) is 0.513. The van der Waals surface area contributed by atoms with Crippen molar-refractivity contribution in [2.45, 2.75) is 108 Å². The van der Waals surface area contributed by atoms with Crippen molar-refractivity contribution >= 4 is 41.5 Å². The maximum atomic E-state index is 14.0. The molecule has 0 bridgehead atoms. The summed E-state index contributed by atoms with van der Waals surface area (Å²) in [5, 5.41) is 22.9. The standard InChI is InChI=1S/C39H60N10O7/c1-24(2)21-31(36(53)45-25(3)33(50)47-30(38(55)56)18-12-20-44-39(42)43)48-37(54)32(23-27-15-8-5-9-16-27)49-35(52)29(17-10-11-19-40)46-34(51)28(41)22-26-13-6-4-7-14-26/h4-9,13-16,24-25,28-32H,10-12,17-23,40-41H2,1-3H3,(H,45,53)(H,46,51)(H,47,50)(H,48,54)(H,49,52)(H,55,56)(H4,42,43,44)/t25-,28-,29-,30-,31-,32-/m0/s1. The SMILES string of the molecule is CC(C)C[C@H](NC(=O)[C@H](Cc1ccccc1)NC(=O)[C@H](CCCCN)NC(=O)[C@@H](N)Cc1ccccc1)C(=O)N[C@@H](C)C(=O)N[C@@H](CCCN=C(N)N)C(=O)O. The van der Waals surface area contributed by atoms with Crippen molar-refractivity contribution in [3.05, 3.63) is 71.8 Å². The molecule has 0 fully saturated rings. The van der Waals surface area contributed by atoms with E-state index in [1.165, 1.54) is 6.92 Å². The average Bonchev–Trinajstić information content (AvgIpc) is 3.15. The van der Waals surface area contributed by atoms with Crippen molar-refractivity contribution in [2.75, 3.05) is 13.1 Å². The van der Waals surface area contributed by atoms with Gasteiger partial charge in [0.15, 0.2) is 5.96 Å². The normalized spacial score (nSPS) is 14.2. The van der Waals surface area contributed by atoms with E-state index in [4.69, 9.17) is 22.9 Å². The van der Waals surface area contributed by atoms with Crippen LogP contribution >= 0.6 is 0 Å². The van der Waals surface area contributed by atoms with Crippen molar-refractivity contribution in [2.24, 2.45) is 33.8 Å². The number of nitrogens with one attached hydrogen (secondary N) is 5. The predicted octanol–water partition coefficient (Wildman–Crippen LogP) is -0.444. The van der Waals surface area contributed by atoms with Crippen LogP contribution in [0.5, 0.6) is 0 Å². The number of carboxylic acids is 1. The number of carboxylic acid groups (broad SMARTS) is 1. The summed E-state index contributed by atoms with van der Waals surface area (Å²) < 4.78 is 0. The Labute approximate surface area is 328 Å². The first-order chi connectivity index (χ1) is 26.6. The van der Waals surface area contributed by atoms with Gasteiger partial charge < -0.3 is 54.6 Å². The predicted molar refractivity (Wildman–Crippen MR) is 214 cm³/mol. The molecular weight excluding hydrogens is 720 g/mol. The zero-order chi connectivity index (χ0) is 41.6. The van der Waals surface area contributed by atoms with Crippen molar-refractivity contribution in [3.8, 4) is 0 Å². The monoisotopic (exact) mass is 780 g/mol. The molecule has 17 heteroatoms. The molecule has 0 saturated carbocycles. The number of benzene rings is 2. The molecule has 0 heterocycles. The largest absolute Gasteiger partial charge is 0.480 e. The molecule has 0 aliphatic rings. The number of aliphatic imine (C=N–C) groups is 1. The molecule has 56 heavy (non-hydrogen) atoms. The third kappa shape index (κ3) is 17.7. The molecule has 14 N–H and O–H groups in total. The van der Waals surface area contributed by atoms with Gasteiger partial charge in [-0.3, -0.25) is 29.0 Å². The van der Waals surface area contributed by atoms with Gasteiger partial charge in [0.05, 0.1) is 6.04 Å². The average molecular weight is 781 g/mol. The Morgan fingerprint density at radius 3 is 1.68 bits per heavy atom. The quantitative estimate of drug-likeness (QED) is 0.0350. The van der Waals surface area contributed by atoms with Crippen molar-refractivity contribution in [1.82, 2.24) is 26.6 Å². The number of carbonyl (C=O) groups is 6. The molecule has 6 atom stereocenters. The van der Waals surface area contributed by atoms with Crippen molar-refractivity contribution in [1.29, 1.82) is 0 Å². The van der Waals surface area contributed by atoms with Gasteiger partial charge in [-0.05, 0) is 75.5 Å². The fourth-order valence-electron chi connectivity index (χ4n) is 5.74. The molecule has 0 saturated heterocycles. The summed E-state index contributed by atoms with van der Waals surface area (Å²) in [6.07, 6.45) is 2.17. The Hall–Kier alpha value is -5.55. The molecule has 0 aromatic heterocycles. The van der Waals surface area contributed by atoms with Crippen LogP contribution in [0.25, 0.3) is 0 Å². The van der Waals surface area contributed by atoms with Gasteiger partial charge in [-0.15, -0.1) is 0 Å². The summed E-state index contributed by atoms with van der Waals surface area (Å²) >= 11 is 0. The van der Waals surface area contributed by atoms with E-state index in [2.05, 4.69) is 31.6 Å². The summed E-state index contributed by atoms with van der Waals surface area (Å²) in [5.74, 6) is -4.73. The summed E-state index contributed by atoms with van der Waals surface area (Å²) in [7, 11) is 0. The number of guanidine groups is 1. The van der Waals surface area contributed by atoms with E-state index >= 15 is 0 Å². The van der Waals surface area contributed by atoms with Crippen LogP contribution in [0.15, 0.2) is 65.7 Å². The zero-order valence-corrected chi connectivity index (χ0v) is 32.5. The Kier molecular flexibility index (Phi) is 20.6.